The third-order valence-electron chi connectivity index (χ3n) is 3.55. The lowest BCUT2D eigenvalue weighted by Gasteiger charge is -2.23. The van der Waals surface area contributed by atoms with Crippen LogP contribution in [0.5, 0.6) is 0 Å². The molecule has 2 unspecified atom stereocenters. The molecule has 1 fully saturated rings. The highest BCUT2D eigenvalue weighted by Crippen LogP contribution is 2.25. The molecule has 17 heavy (non-hydrogen) atoms. The van der Waals surface area contributed by atoms with E-state index in [2.05, 4.69) is 22.2 Å². The van der Waals surface area contributed by atoms with Crippen molar-refractivity contribution in [1.29, 1.82) is 0 Å². The molecule has 0 spiro atoms. The first-order chi connectivity index (χ1) is 8.15. The van der Waals surface area contributed by atoms with Gasteiger partial charge < -0.3 is 11.1 Å². The molecule has 4 nitrogen and oxygen atoms in total. The Labute approximate surface area is 103 Å². The van der Waals surface area contributed by atoms with Gasteiger partial charge in [0.2, 0.25) is 0 Å². The number of nitrogens with two attached hydrogens (primary N) is 1. The Kier molecular flexibility index (Phi) is 3.82. The summed E-state index contributed by atoms with van der Waals surface area (Å²) in [5, 5.41) is 3.52. The lowest BCUT2D eigenvalue weighted by molar-refractivity contribution is 0.455. The molecule has 1 aromatic rings. The maximum Gasteiger partial charge on any atom is 0.132 e. The molecule has 0 amide bonds. The molecule has 0 saturated heterocycles. The summed E-state index contributed by atoms with van der Waals surface area (Å²) in [6.45, 7) is 4.19. The topological polar surface area (TPSA) is 63.8 Å². The quantitative estimate of drug-likeness (QED) is 0.772. The van der Waals surface area contributed by atoms with Gasteiger partial charge in [-0.15, -0.1) is 0 Å². The van der Waals surface area contributed by atoms with Crippen LogP contribution in [0, 0.1) is 12.8 Å². The van der Waals surface area contributed by atoms with Crippen molar-refractivity contribution in [2.75, 3.05) is 11.1 Å². The van der Waals surface area contributed by atoms with E-state index in [4.69, 9.17) is 5.73 Å². The van der Waals surface area contributed by atoms with Crippen LogP contribution in [-0.2, 0) is 0 Å². The second-order valence-corrected chi connectivity index (χ2v) is 5.09. The van der Waals surface area contributed by atoms with Crippen LogP contribution >= 0.6 is 0 Å². The van der Waals surface area contributed by atoms with E-state index in [1.54, 1.807) is 0 Å². The van der Waals surface area contributed by atoms with E-state index in [0.717, 1.165) is 11.6 Å². The third kappa shape index (κ3) is 3.32. The average molecular weight is 234 g/mol. The van der Waals surface area contributed by atoms with E-state index in [9.17, 15) is 0 Å². The number of aryl methyl sites for hydroxylation is 1. The fourth-order valence-corrected chi connectivity index (χ4v) is 2.56. The summed E-state index contributed by atoms with van der Waals surface area (Å²) in [6.07, 6.45) is 6.54. The molecule has 1 aliphatic carbocycles. The van der Waals surface area contributed by atoms with Gasteiger partial charge in [-0.25, -0.2) is 9.97 Å². The van der Waals surface area contributed by atoms with Crippen molar-refractivity contribution < 1.29 is 0 Å². The second-order valence-electron chi connectivity index (χ2n) is 5.09. The molecule has 1 heterocycles. The summed E-state index contributed by atoms with van der Waals surface area (Å²) < 4.78 is 0. The lowest BCUT2D eigenvalue weighted by atomic mass is 9.97. The van der Waals surface area contributed by atoms with Gasteiger partial charge in [-0.2, -0.15) is 0 Å². The van der Waals surface area contributed by atoms with Crippen molar-refractivity contribution in [3.63, 3.8) is 0 Å². The molecule has 0 radical (unpaired) electrons. The fourth-order valence-electron chi connectivity index (χ4n) is 2.56. The van der Waals surface area contributed by atoms with Gasteiger partial charge in [0.1, 0.15) is 17.5 Å². The minimum atomic E-state index is 0.520. The van der Waals surface area contributed by atoms with Crippen molar-refractivity contribution >= 4 is 11.6 Å². The smallest absolute Gasteiger partial charge is 0.132 e. The Balaban J connectivity index is 2.07. The average Bonchev–Trinajstić information content (AvgIpc) is 2.43. The number of nitrogens with one attached hydrogen (secondary N) is 1. The van der Waals surface area contributed by atoms with Crippen LogP contribution in [0.1, 0.15) is 44.9 Å². The predicted molar refractivity (Wildman–Crippen MR) is 70.8 cm³/mol. The molecule has 4 heteroatoms. The highest BCUT2D eigenvalue weighted by Gasteiger charge is 2.20. The summed E-state index contributed by atoms with van der Waals surface area (Å²) >= 11 is 0. The summed E-state index contributed by atoms with van der Waals surface area (Å²) in [4.78, 5) is 8.48. The number of anilines is 2. The Bertz CT molecular complexity index is 357. The molecule has 1 aromatic heterocycles. The normalized spacial score (nSPS) is 25.3. The molecule has 2 rings (SSSR count). The Morgan fingerprint density at radius 3 is 2.76 bits per heavy atom. The van der Waals surface area contributed by atoms with Crippen LogP contribution in [0.3, 0.4) is 0 Å². The zero-order chi connectivity index (χ0) is 12.3. The van der Waals surface area contributed by atoms with E-state index in [0.29, 0.717) is 17.8 Å². The number of nitrogen functional groups attached to an aromatic ring is 1. The minimum Gasteiger partial charge on any atom is -0.384 e. The van der Waals surface area contributed by atoms with Crippen LogP contribution in [0.15, 0.2) is 6.07 Å². The zero-order valence-electron chi connectivity index (χ0n) is 10.7. The van der Waals surface area contributed by atoms with Gasteiger partial charge in [0.25, 0.3) is 0 Å². The molecule has 3 N–H and O–H groups in total. The first-order valence-electron chi connectivity index (χ1n) is 6.53. The van der Waals surface area contributed by atoms with Crippen LogP contribution in [0.4, 0.5) is 11.6 Å². The Morgan fingerprint density at radius 1 is 1.24 bits per heavy atom. The van der Waals surface area contributed by atoms with Gasteiger partial charge in [0.15, 0.2) is 0 Å². The second kappa shape index (κ2) is 5.34. The summed E-state index contributed by atoms with van der Waals surface area (Å²) in [5.41, 5.74) is 5.74. The number of aromatic nitrogens is 2. The molecule has 2 atom stereocenters. The lowest BCUT2D eigenvalue weighted by Crippen LogP contribution is -2.27. The molecular formula is C13H22N4. The SMILES string of the molecule is Cc1nc(N)cc(NC2CCCCCC2C)n1. The predicted octanol–water partition coefficient (Wildman–Crippen LogP) is 2.75. The fraction of sp³-hybridized carbons (Fsp3) is 0.692. The number of hydrogen-bond donors (Lipinski definition) is 2. The van der Waals surface area contributed by atoms with Crippen LogP contribution < -0.4 is 11.1 Å². The molecular weight excluding hydrogens is 212 g/mol. The van der Waals surface area contributed by atoms with E-state index in [1.807, 2.05) is 13.0 Å². The van der Waals surface area contributed by atoms with Gasteiger partial charge >= 0.3 is 0 Å². The molecule has 1 aliphatic rings. The maximum atomic E-state index is 5.74. The van der Waals surface area contributed by atoms with E-state index < -0.39 is 0 Å². The van der Waals surface area contributed by atoms with Crippen molar-refractivity contribution in [3.8, 4) is 0 Å². The van der Waals surface area contributed by atoms with Crippen LogP contribution in [-0.4, -0.2) is 16.0 Å². The first kappa shape index (κ1) is 12.1. The maximum absolute atomic E-state index is 5.74. The summed E-state index contributed by atoms with van der Waals surface area (Å²) in [5.74, 6) is 2.85. The number of rotatable bonds is 2. The van der Waals surface area contributed by atoms with E-state index in [1.165, 1.54) is 32.1 Å². The van der Waals surface area contributed by atoms with Gasteiger partial charge in [0, 0.05) is 12.1 Å². The summed E-state index contributed by atoms with van der Waals surface area (Å²) in [6, 6.07) is 2.34. The molecule has 0 aromatic carbocycles. The van der Waals surface area contributed by atoms with Crippen molar-refractivity contribution in [2.24, 2.45) is 5.92 Å². The highest BCUT2D eigenvalue weighted by molar-refractivity contribution is 5.45. The van der Waals surface area contributed by atoms with Crippen LogP contribution in [0.2, 0.25) is 0 Å². The van der Waals surface area contributed by atoms with Gasteiger partial charge in [-0.1, -0.05) is 26.2 Å². The first-order valence-corrected chi connectivity index (χ1v) is 6.53. The van der Waals surface area contributed by atoms with Crippen molar-refractivity contribution in [2.45, 2.75) is 52.0 Å². The van der Waals surface area contributed by atoms with Crippen molar-refractivity contribution in [3.05, 3.63) is 11.9 Å². The van der Waals surface area contributed by atoms with Crippen molar-refractivity contribution in [1.82, 2.24) is 9.97 Å². The van der Waals surface area contributed by atoms with Gasteiger partial charge in [0.05, 0.1) is 0 Å². The highest BCUT2D eigenvalue weighted by atomic mass is 15.1. The summed E-state index contributed by atoms with van der Waals surface area (Å²) in [7, 11) is 0. The monoisotopic (exact) mass is 234 g/mol. The van der Waals surface area contributed by atoms with Crippen LogP contribution in [0.25, 0.3) is 0 Å². The molecule has 94 valence electrons. The van der Waals surface area contributed by atoms with Gasteiger partial charge in [-0.3, -0.25) is 0 Å². The van der Waals surface area contributed by atoms with E-state index in [-0.39, 0.29) is 0 Å². The molecule has 0 aliphatic heterocycles. The number of nitrogens with zero attached hydrogens (tertiary/aromatic N) is 2. The minimum absolute atomic E-state index is 0.520. The molecule has 1 saturated carbocycles. The standard InChI is InChI=1S/C13H22N4/c1-9-6-4-3-5-7-11(9)17-13-8-12(14)15-10(2)16-13/h8-9,11H,3-7H2,1-2H3,(H3,14,15,16,17). The third-order valence-corrected chi connectivity index (χ3v) is 3.55. The largest absolute Gasteiger partial charge is 0.384 e. The van der Waals surface area contributed by atoms with E-state index >= 15 is 0 Å². The Hall–Kier alpha value is -1.32. The van der Waals surface area contributed by atoms with Gasteiger partial charge in [-0.05, 0) is 25.7 Å². The zero-order valence-corrected chi connectivity index (χ0v) is 10.7. The molecule has 0 bridgehead atoms. The Morgan fingerprint density at radius 2 is 2.00 bits per heavy atom. The number of hydrogen-bond acceptors (Lipinski definition) is 4.